The largest absolute Gasteiger partial charge is 0.381 e. The van der Waals surface area contributed by atoms with Gasteiger partial charge in [-0.05, 0) is 32.4 Å². The van der Waals surface area contributed by atoms with Crippen LogP contribution < -0.4 is 5.32 Å². The van der Waals surface area contributed by atoms with Crippen molar-refractivity contribution in [1.82, 2.24) is 5.32 Å². The number of hydrogen-bond donors (Lipinski definition) is 1. The van der Waals surface area contributed by atoms with Crippen LogP contribution in [-0.2, 0) is 4.74 Å². The van der Waals surface area contributed by atoms with E-state index in [0.29, 0.717) is 0 Å². The summed E-state index contributed by atoms with van der Waals surface area (Å²) in [5.41, 5.74) is 0. The van der Waals surface area contributed by atoms with Gasteiger partial charge in [0.1, 0.15) is 0 Å². The second kappa shape index (κ2) is 14.4. The molecule has 0 aromatic rings. The summed E-state index contributed by atoms with van der Waals surface area (Å²) in [5.74, 6) is 0.865. The van der Waals surface area contributed by atoms with Gasteiger partial charge >= 0.3 is 0 Å². The maximum absolute atomic E-state index is 5.22. The monoisotopic (exact) mass is 189 g/mol. The van der Waals surface area contributed by atoms with Gasteiger partial charge in [-0.15, -0.1) is 0 Å². The molecule has 0 radical (unpaired) electrons. The van der Waals surface area contributed by atoms with Crippen molar-refractivity contribution >= 4 is 0 Å². The number of rotatable bonds is 2. The van der Waals surface area contributed by atoms with Crippen LogP contribution in [0, 0.1) is 5.92 Å². The van der Waals surface area contributed by atoms with E-state index < -0.39 is 0 Å². The first-order chi connectivity index (χ1) is 6.43. The van der Waals surface area contributed by atoms with Gasteiger partial charge in [-0.1, -0.05) is 27.7 Å². The van der Waals surface area contributed by atoms with E-state index >= 15 is 0 Å². The average Bonchev–Trinajstić information content (AvgIpc) is 2.26. The molecule has 1 aliphatic heterocycles. The fourth-order valence-electron chi connectivity index (χ4n) is 1.24. The summed E-state index contributed by atoms with van der Waals surface area (Å²) in [7, 11) is 2.01. The van der Waals surface area contributed by atoms with Crippen molar-refractivity contribution < 1.29 is 4.74 Å². The number of ether oxygens (including phenoxy) is 1. The quantitative estimate of drug-likeness (QED) is 0.721. The minimum atomic E-state index is 0.865. The highest BCUT2D eigenvalue weighted by atomic mass is 16.5. The Morgan fingerprint density at radius 1 is 1.08 bits per heavy atom. The average molecular weight is 189 g/mol. The highest BCUT2D eigenvalue weighted by molar-refractivity contribution is 4.64. The Kier molecular flexibility index (Phi) is 17.1. The lowest BCUT2D eigenvalue weighted by molar-refractivity contribution is 0.0669. The van der Waals surface area contributed by atoms with Gasteiger partial charge < -0.3 is 10.1 Å². The molecule has 0 atom stereocenters. The summed E-state index contributed by atoms with van der Waals surface area (Å²) >= 11 is 0. The lowest BCUT2D eigenvalue weighted by Crippen LogP contribution is -2.25. The summed E-state index contributed by atoms with van der Waals surface area (Å²) < 4.78 is 5.22. The molecule has 1 heterocycles. The highest BCUT2D eigenvalue weighted by Gasteiger charge is 2.11. The molecule has 1 rings (SSSR count). The smallest absolute Gasteiger partial charge is 0.0469 e. The Hall–Kier alpha value is -0.0800. The predicted octanol–water partition coefficient (Wildman–Crippen LogP) is 2.68. The third-order valence-corrected chi connectivity index (χ3v) is 1.83. The maximum atomic E-state index is 5.22. The Morgan fingerprint density at radius 2 is 1.54 bits per heavy atom. The molecule has 0 amide bonds. The second-order valence-corrected chi connectivity index (χ2v) is 2.61. The van der Waals surface area contributed by atoms with E-state index in [9.17, 15) is 0 Å². The van der Waals surface area contributed by atoms with Crippen molar-refractivity contribution in [1.29, 1.82) is 0 Å². The zero-order chi connectivity index (χ0) is 10.5. The van der Waals surface area contributed by atoms with E-state index in [1.807, 2.05) is 34.7 Å². The SMILES string of the molecule is CC.CC.CNCC1CCOCC1. The van der Waals surface area contributed by atoms with Crippen LogP contribution in [0.2, 0.25) is 0 Å². The molecule has 0 bridgehead atoms. The Bertz CT molecular complexity index is 67.7. The molecule has 13 heavy (non-hydrogen) atoms. The third kappa shape index (κ3) is 9.84. The fourth-order valence-corrected chi connectivity index (χ4v) is 1.24. The van der Waals surface area contributed by atoms with Crippen LogP contribution in [0.3, 0.4) is 0 Å². The Labute approximate surface area is 84.1 Å². The van der Waals surface area contributed by atoms with Crippen LogP contribution >= 0.6 is 0 Å². The fraction of sp³-hybridized carbons (Fsp3) is 1.00. The first-order valence-electron chi connectivity index (χ1n) is 5.66. The van der Waals surface area contributed by atoms with Gasteiger partial charge in [0.05, 0.1) is 0 Å². The minimum Gasteiger partial charge on any atom is -0.381 e. The van der Waals surface area contributed by atoms with E-state index in [2.05, 4.69) is 5.32 Å². The summed E-state index contributed by atoms with van der Waals surface area (Å²) in [4.78, 5) is 0. The highest BCUT2D eigenvalue weighted by Crippen LogP contribution is 2.12. The molecule has 0 aromatic carbocycles. The predicted molar refractivity (Wildman–Crippen MR) is 60.2 cm³/mol. The molecule has 0 aromatic heterocycles. The molecule has 2 heteroatoms. The van der Waals surface area contributed by atoms with Crippen LogP contribution in [0.15, 0.2) is 0 Å². The molecule has 82 valence electrons. The van der Waals surface area contributed by atoms with Crippen LogP contribution in [0.4, 0.5) is 0 Å². The van der Waals surface area contributed by atoms with Crippen molar-refractivity contribution in [2.24, 2.45) is 5.92 Å². The summed E-state index contributed by atoms with van der Waals surface area (Å²) in [6.45, 7) is 11.1. The van der Waals surface area contributed by atoms with Gasteiger partial charge in [0, 0.05) is 13.2 Å². The van der Waals surface area contributed by atoms with E-state index in [0.717, 1.165) is 25.7 Å². The zero-order valence-corrected chi connectivity index (χ0v) is 10.0. The van der Waals surface area contributed by atoms with Crippen LogP contribution in [0.5, 0.6) is 0 Å². The van der Waals surface area contributed by atoms with E-state index in [-0.39, 0.29) is 0 Å². The van der Waals surface area contributed by atoms with Gasteiger partial charge in [-0.3, -0.25) is 0 Å². The van der Waals surface area contributed by atoms with E-state index in [1.54, 1.807) is 0 Å². The molecule has 1 fully saturated rings. The van der Waals surface area contributed by atoms with Gasteiger partial charge in [0.15, 0.2) is 0 Å². The topological polar surface area (TPSA) is 21.3 Å². The lowest BCUT2D eigenvalue weighted by atomic mass is 10.0. The van der Waals surface area contributed by atoms with E-state index in [1.165, 1.54) is 12.8 Å². The summed E-state index contributed by atoms with van der Waals surface area (Å²) in [5, 5.41) is 3.18. The first-order valence-corrected chi connectivity index (χ1v) is 5.66. The van der Waals surface area contributed by atoms with Crippen LogP contribution in [-0.4, -0.2) is 26.8 Å². The lowest BCUT2D eigenvalue weighted by Gasteiger charge is -2.21. The molecule has 0 spiro atoms. The Balaban J connectivity index is 0. The minimum absolute atomic E-state index is 0.865. The molecule has 0 saturated carbocycles. The van der Waals surface area contributed by atoms with Gasteiger partial charge in [-0.2, -0.15) is 0 Å². The molecule has 0 aliphatic carbocycles. The standard InChI is InChI=1S/C7H15NO.2C2H6/c1-8-6-7-2-4-9-5-3-7;2*1-2/h7-8H,2-6H2,1H3;2*1-2H3. The third-order valence-electron chi connectivity index (χ3n) is 1.83. The van der Waals surface area contributed by atoms with Crippen molar-refractivity contribution in [3.05, 3.63) is 0 Å². The molecule has 1 saturated heterocycles. The van der Waals surface area contributed by atoms with Gasteiger partial charge in [-0.25, -0.2) is 0 Å². The van der Waals surface area contributed by atoms with E-state index in [4.69, 9.17) is 4.74 Å². The molecular formula is C11H27NO. The summed E-state index contributed by atoms with van der Waals surface area (Å²) in [6.07, 6.45) is 2.47. The van der Waals surface area contributed by atoms with Crippen molar-refractivity contribution in [2.75, 3.05) is 26.8 Å². The maximum Gasteiger partial charge on any atom is 0.0469 e. The van der Waals surface area contributed by atoms with Crippen LogP contribution in [0.25, 0.3) is 0 Å². The zero-order valence-electron chi connectivity index (χ0n) is 10.0. The number of nitrogens with one attached hydrogen (secondary N) is 1. The first kappa shape index (κ1) is 15.4. The van der Waals surface area contributed by atoms with Gasteiger partial charge in [0.25, 0.3) is 0 Å². The van der Waals surface area contributed by atoms with Crippen LogP contribution in [0.1, 0.15) is 40.5 Å². The molecule has 0 unspecified atom stereocenters. The van der Waals surface area contributed by atoms with Gasteiger partial charge in [0.2, 0.25) is 0 Å². The Morgan fingerprint density at radius 3 is 1.92 bits per heavy atom. The normalized spacial score (nSPS) is 16.4. The molecule has 2 nitrogen and oxygen atoms in total. The van der Waals surface area contributed by atoms with Crippen molar-refractivity contribution in [2.45, 2.75) is 40.5 Å². The second-order valence-electron chi connectivity index (χ2n) is 2.61. The summed E-state index contributed by atoms with van der Waals surface area (Å²) in [6, 6.07) is 0. The molecule has 1 N–H and O–H groups in total. The number of hydrogen-bond acceptors (Lipinski definition) is 2. The van der Waals surface area contributed by atoms with Crippen molar-refractivity contribution in [3.63, 3.8) is 0 Å². The molecular weight excluding hydrogens is 162 g/mol. The molecule has 1 aliphatic rings. The van der Waals surface area contributed by atoms with Crippen molar-refractivity contribution in [3.8, 4) is 0 Å².